The number of thiocarbonyl (C=S) groups is 1. The summed E-state index contributed by atoms with van der Waals surface area (Å²) >= 11 is 5.48. The second-order valence-electron chi connectivity index (χ2n) is 5.44. The van der Waals surface area contributed by atoms with Crippen LogP contribution in [0.3, 0.4) is 0 Å². The zero-order valence-electron chi connectivity index (χ0n) is 12.7. The van der Waals surface area contributed by atoms with Gasteiger partial charge < -0.3 is 4.90 Å². The van der Waals surface area contributed by atoms with Crippen molar-refractivity contribution in [2.75, 3.05) is 13.1 Å². The van der Waals surface area contributed by atoms with Crippen LogP contribution in [0.2, 0.25) is 0 Å². The van der Waals surface area contributed by atoms with Crippen LogP contribution in [0, 0.1) is 0 Å². The number of hydrazone groups is 1. The monoisotopic (exact) mass is 304 g/mol. The van der Waals surface area contributed by atoms with Gasteiger partial charge in [0.25, 0.3) is 0 Å². The van der Waals surface area contributed by atoms with Crippen molar-refractivity contribution in [3.63, 3.8) is 0 Å². The van der Waals surface area contributed by atoms with Crippen molar-refractivity contribution in [1.82, 2.24) is 15.3 Å². The first-order chi connectivity index (χ1) is 10.3. The molecule has 1 saturated heterocycles. The van der Waals surface area contributed by atoms with Crippen LogP contribution in [0.5, 0.6) is 0 Å². The smallest absolute Gasteiger partial charge is 0.189 e. The third-order valence-electron chi connectivity index (χ3n) is 3.75. The molecule has 0 saturated carbocycles. The van der Waals surface area contributed by atoms with E-state index >= 15 is 0 Å². The SMILES string of the molecule is C/C(=N\NC(=S)N1CCCCCCCC1)c1ccccn1. The number of nitrogens with zero attached hydrogens (tertiary/aromatic N) is 3. The van der Waals surface area contributed by atoms with Gasteiger partial charge in [0.05, 0.1) is 11.4 Å². The molecule has 2 heterocycles. The third kappa shape index (κ3) is 5.42. The van der Waals surface area contributed by atoms with E-state index in [4.69, 9.17) is 12.2 Å². The predicted molar refractivity (Wildman–Crippen MR) is 91.5 cm³/mol. The summed E-state index contributed by atoms with van der Waals surface area (Å²) in [6.07, 6.45) is 9.50. The summed E-state index contributed by atoms with van der Waals surface area (Å²) in [6, 6.07) is 5.81. The second-order valence-corrected chi connectivity index (χ2v) is 5.82. The van der Waals surface area contributed by atoms with Gasteiger partial charge in [-0.15, -0.1) is 0 Å². The molecule has 5 heteroatoms. The van der Waals surface area contributed by atoms with Gasteiger partial charge in [-0.05, 0) is 44.1 Å². The summed E-state index contributed by atoms with van der Waals surface area (Å²) in [5.41, 5.74) is 4.75. The van der Waals surface area contributed by atoms with E-state index in [9.17, 15) is 0 Å². The van der Waals surface area contributed by atoms with E-state index in [0.717, 1.165) is 29.6 Å². The lowest BCUT2D eigenvalue weighted by atomic mass is 10.1. The molecule has 0 aromatic carbocycles. The molecule has 1 aromatic heterocycles. The average Bonchev–Trinajstić information content (AvgIpc) is 2.67. The highest BCUT2D eigenvalue weighted by Gasteiger charge is 2.10. The molecule has 1 aromatic rings. The summed E-state index contributed by atoms with van der Waals surface area (Å²) in [4.78, 5) is 6.53. The van der Waals surface area contributed by atoms with Gasteiger partial charge >= 0.3 is 0 Å². The van der Waals surface area contributed by atoms with Gasteiger partial charge in [-0.25, -0.2) is 0 Å². The van der Waals surface area contributed by atoms with E-state index in [0.29, 0.717) is 0 Å². The van der Waals surface area contributed by atoms with Gasteiger partial charge in [0.15, 0.2) is 5.11 Å². The summed E-state index contributed by atoms with van der Waals surface area (Å²) in [6.45, 7) is 4.00. The van der Waals surface area contributed by atoms with Crippen molar-refractivity contribution in [2.24, 2.45) is 5.10 Å². The van der Waals surface area contributed by atoms with Gasteiger partial charge in [-0.2, -0.15) is 5.10 Å². The molecule has 0 amide bonds. The van der Waals surface area contributed by atoms with Crippen molar-refractivity contribution in [3.05, 3.63) is 30.1 Å². The lowest BCUT2D eigenvalue weighted by molar-refractivity contribution is 0.400. The van der Waals surface area contributed by atoms with E-state index in [-0.39, 0.29) is 0 Å². The molecule has 1 aliphatic rings. The van der Waals surface area contributed by atoms with E-state index in [1.165, 1.54) is 38.5 Å². The number of pyridine rings is 1. The maximum absolute atomic E-state index is 5.48. The van der Waals surface area contributed by atoms with Crippen LogP contribution in [0.25, 0.3) is 0 Å². The van der Waals surface area contributed by atoms with Crippen LogP contribution >= 0.6 is 12.2 Å². The average molecular weight is 304 g/mol. The van der Waals surface area contributed by atoms with Gasteiger partial charge in [0, 0.05) is 19.3 Å². The first-order valence-corrected chi connectivity index (χ1v) is 8.19. The van der Waals surface area contributed by atoms with Crippen LogP contribution in [0.4, 0.5) is 0 Å². The molecule has 0 aliphatic carbocycles. The molecule has 0 atom stereocenters. The third-order valence-corrected chi connectivity index (χ3v) is 4.10. The zero-order valence-corrected chi connectivity index (χ0v) is 13.5. The van der Waals surface area contributed by atoms with E-state index in [2.05, 4.69) is 20.4 Å². The second kappa shape index (κ2) is 8.72. The first-order valence-electron chi connectivity index (χ1n) is 7.78. The lowest BCUT2D eigenvalue weighted by Crippen LogP contribution is -2.39. The number of rotatable bonds is 2. The fraction of sp³-hybridized carbons (Fsp3) is 0.562. The van der Waals surface area contributed by atoms with E-state index < -0.39 is 0 Å². The Labute approximate surface area is 132 Å². The van der Waals surface area contributed by atoms with Crippen LogP contribution in [0.15, 0.2) is 29.5 Å². The Morgan fingerprint density at radius 2 is 1.81 bits per heavy atom. The normalized spacial score (nSPS) is 17.6. The molecule has 4 nitrogen and oxygen atoms in total. The first kappa shape index (κ1) is 15.9. The van der Waals surface area contributed by atoms with Crippen molar-refractivity contribution >= 4 is 23.0 Å². The quantitative estimate of drug-likeness (QED) is 0.517. The molecular weight excluding hydrogens is 280 g/mol. The molecule has 2 rings (SSSR count). The highest BCUT2D eigenvalue weighted by atomic mass is 32.1. The van der Waals surface area contributed by atoms with Gasteiger partial charge in [0.2, 0.25) is 0 Å². The zero-order chi connectivity index (χ0) is 14.9. The number of hydrogen-bond donors (Lipinski definition) is 1. The Balaban J connectivity index is 1.90. The summed E-state index contributed by atoms with van der Waals surface area (Å²) < 4.78 is 0. The largest absolute Gasteiger partial charge is 0.348 e. The minimum atomic E-state index is 0.729. The maximum Gasteiger partial charge on any atom is 0.189 e. The van der Waals surface area contributed by atoms with Crippen molar-refractivity contribution in [2.45, 2.75) is 45.4 Å². The number of nitrogens with one attached hydrogen (secondary N) is 1. The highest BCUT2D eigenvalue weighted by Crippen LogP contribution is 2.11. The van der Waals surface area contributed by atoms with Crippen molar-refractivity contribution in [1.29, 1.82) is 0 Å². The number of aromatic nitrogens is 1. The fourth-order valence-electron chi connectivity index (χ4n) is 2.46. The predicted octanol–water partition coefficient (Wildman–Crippen LogP) is 3.34. The maximum atomic E-state index is 5.48. The van der Waals surface area contributed by atoms with Gasteiger partial charge in [-0.3, -0.25) is 10.4 Å². The molecule has 0 bridgehead atoms. The molecule has 1 aliphatic heterocycles. The van der Waals surface area contributed by atoms with Crippen molar-refractivity contribution in [3.8, 4) is 0 Å². The molecule has 1 fully saturated rings. The minimum absolute atomic E-state index is 0.729. The lowest BCUT2D eigenvalue weighted by Gasteiger charge is -2.23. The van der Waals surface area contributed by atoms with E-state index in [1.54, 1.807) is 6.20 Å². The topological polar surface area (TPSA) is 40.5 Å². The Hall–Kier alpha value is -1.49. The van der Waals surface area contributed by atoms with Gasteiger partial charge in [-0.1, -0.05) is 31.7 Å². The van der Waals surface area contributed by atoms with Gasteiger partial charge in [0.1, 0.15) is 0 Å². The fourth-order valence-corrected chi connectivity index (χ4v) is 2.69. The van der Waals surface area contributed by atoms with Crippen molar-refractivity contribution < 1.29 is 0 Å². The van der Waals surface area contributed by atoms with Crippen LogP contribution in [-0.2, 0) is 0 Å². The van der Waals surface area contributed by atoms with Crippen LogP contribution in [-0.4, -0.2) is 33.8 Å². The molecule has 21 heavy (non-hydrogen) atoms. The molecular formula is C16H24N4S. The number of hydrogen-bond acceptors (Lipinski definition) is 3. The Kier molecular flexibility index (Phi) is 6.60. The summed E-state index contributed by atoms with van der Waals surface area (Å²) in [7, 11) is 0. The molecule has 0 spiro atoms. The summed E-state index contributed by atoms with van der Waals surface area (Å²) in [5.74, 6) is 0. The van der Waals surface area contributed by atoms with Crippen LogP contribution < -0.4 is 5.43 Å². The highest BCUT2D eigenvalue weighted by molar-refractivity contribution is 7.80. The Morgan fingerprint density at radius 1 is 1.14 bits per heavy atom. The minimum Gasteiger partial charge on any atom is -0.348 e. The molecule has 1 N–H and O–H groups in total. The van der Waals surface area contributed by atoms with Crippen LogP contribution in [0.1, 0.15) is 51.1 Å². The van der Waals surface area contributed by atoms with E-state index in [1.807, 2.05) is 25.1 Å². The Bertz CT molecular complexity index is 462. The molecule has 0 radical (unpaired) electrons. The summed E-state index contributed by atoms with van der Waals surface area (Å²) in [5, 5.41) is 5.10. The molecule has 0 unspecified atom stereocenters. The Morgan fingerprint density at radius 3 is 2.43 bits per heavy atom. The standard InChI is InChI=1S/C16H24N4S/c1-14(15-10-6-7-11-17-15)18-19-16(21)20-12-8-4-2-3-5-9-13-20/h6-7,10-11H,2-5,8-9,12-13H2,1H3,(H,19,21)/b18-14+. The molecule has 114 valence electrons.